The molecule has 110 valence electrons. The lowest BCUT2D eigenvalue weighted by atomic mass is 10.3. The van der Waals surface area contributed by atoms with Crippen molar-refractivity contribution in [3.63, 3.8) is 0 Å². The summed E-state index contributed by atoms with van der Waals surface area (Å²) in [4.78, 5) is 3.04. The minimum atomic E-state index is -0.430. The van der Waals surface area contributed by atoms with Gasteiger partial charge >= 0.3 is 0 Å². The van der Waals surface area contributed by atoms with Crippen LogP contribution in [-0.4, -0.2) is 22.8 Å². The molecule has 1 heterocycles. The van der Waals surface area contributed by atoms with Gasteiger partial charge in [0.2, 0.25) is 0 Å². The summed E-state index contributed by atoms with van der Waals surface area (Å²) in [5.41, 5.74) is 1.50. The first-order chi connectivity index (χ1) is 9.63. The summed E-state index contributed by atoms with van der Waals surface area (Å²) >= 11 is 11.0. The lowest BCUT2D eigenvalue weighted by Gasteiger charge is -2.06. The first-order valence-corrected chi connectivity index (χ1v) is 7.57. The summed E-state index contributed by atoms with van der Waals surface area (Å²) in [6, 6.07) is 2.98. The van der Waals surface area contributed by atoms with Crippen LogP contribution in [0, 0.1) is 10.6 Å². The highest BCUT2D eigenvalue weighted by molar-refractivity contribution is 7.71. The minimum absolute atomic E-state index is 0.101. The van der Waals surface area contributed by atoms with Gasteiger partial charge in [0.15, 0.2) is 4.77 Å². The molecule has 0 aliphatic rings. The second kappa shape index (κ2) is 7.20. The van der Waals surface area contributed by atoms with Crippen LogP contribution in [0.25, 0.3) is 11.0 Å². The van der Waals surface area contributed by atoms with Crippen LogP contribution in [0.2, 0.25) is 5.02 Å². The number of aryl methyl sites for hydroxylation is 1. The molecule has 0 fully saturated rings. The Balaban J connectivity index is 2.04. The van der Waals surface area contributed by atoms with Crippen molar-refractivity contribution in [3.05, 3.63) is 27.7 Å². The van der Waals surface area contributed by atoms with Crippen LogP contribution in [0.15, 0.2) is 12.1 Å². The maximum absolute atomic E-state index is 13.5. The summed E-state index contributed by atoms with van der Waals surface area (Å²) in [7, 11) is 0. The Kier molecular flexibility index (Phi) is 5.57. The number of fused-ring (bicyclic) bond motifs is 1. The van der Waals surface area contributed by atoms with Crippen LogP contribution in [0.4, 0.5) is 4.39 Å². The van der Waals surface area contributed by atoms with Crippen molar-refractivity contribution >= 4 is 34.9 Å². The summed E-state index contributed by atoms with van der Waals surface area (Å²) in [6.45, 7) is 4.31. The quantitative estimate of drug-likeness (QED) is 0.593. The van der Waals surface area contributed by atoms with Crippen LogP contribution in [0.3, 0.4) is 0 Å². The molecule has 20 heavy (non-hydrogen) atoms. The number of hydrogen-bond acceptors (Lipinski definition) is 2. The van der Waals surface area contributed by atoms with E-state index >= 15 is 0 Å². The Bertz CT molecular complexity index is 638. The summed E-state index contributed by atoms with van der Waals surface area (Å²) in [5, 5.41) is 0.101. The molecule has 2 rings (SSSR count). The lowest BCUT2D eigenvalue weighted by molar-refractivity contribution is 0.126. The standard InChI is InChI=1S/C14H18ClFN2OS/c1-2-3-6-19-7-4-5-18-13-9-11(16)10(15)8-12(13)17-14(18)20/h8-9H,2-7H2,1H3,(H,17,20). The van der Waals surface area contributed by atoms with E-state index in [9.17, 15) is 4.39 Å². The van der Waals surface area contributed by atoms with Gasteiger partial charge in [0.25, 0.3) is 0 Å². The molecule has 1 aromatic carbocycles. The topological polar surface area (TPSA) is 29.9 Å². The van der Waals surface area contributed by atoms with E-state index in [1.54, 1.807) is 6.07 Å². The van der Waals surface area contributed by atoms with Gasteiger partial charge in [-0.05, 0) is 31.1 Å². The zero-order chi connectivity index (χ0) is 14.5. The predicted octanol–water partition coefficient (Wildman–Crippen LogP) is 4.70. The van der Waals surface area contributed by atoms with Crippen molar-refractivity contribution in [2.24, 2.45) is 0 Å². The first kappa shape index (κ1) is 15.5. The number of imidazole rings is 1. The van der Waals surface area contributed by atoms with Crippen molar-refractivity contribution in [2.75, 3.05) is 13.2 Å². The van der Waals surface area contributed by atoms with Gasteiger partial charge in [0.05, 0.1) is 16.1 Å². The highest BCUT2D eigenvalue weighted by atomic mass is 35.5. The average molecular weight is 317 g/mol. The van der Waals surface area contributed by atoms with Crippen LogP contribution in [0.5, 0.6) is 0 Å². The molecule has 0 atom stereocenters. The molecule has 0 amide bonds. The molecule has 0 bridgehead atoms. The molecule has 6 heteroatoms. The van der Waals surface area contributed by atoms with Crippen LogP contribution in [0.1, 0.15) is 26.2 Å². The number of rotatable bonds is 7. The second-order valence-corrected chi connectivity index (χ2v) is 5.48. The Morgan fingerprint density at radius 1 is 1.35 bits per heavy atom. The van der Waals surface area contributed by atoms with Gasteiger partial charge in [-0.3, -0.25) is 0 Å². The number of aromatic amines is 1. The number of H-pyrrole nitrogens is 1. The summed E-state index contributed by atoms with van der Waals surface area (Å²) in [6.07, 6.45) is 3.05. The maximum Gasteiger partial charge on any atom is 0.178 e. The van der Waals surface area contributed by atoms with Crippen molar-refractivity contribution in [1.29, 1.82) is 0 Å². The molecule has 0 spiro atoms. The number of unbranched alkanes of at least 4 members (excludes halogenated alkanes) is 1. The van der Waals surface area contributed by atoms with Gasteiger partial charge in [-0.2, -0.15) is 0 Å². The zero-order valence-electron chi connectivity index (χ0n) is 11.4. The van der Waals surface area contributed by atoms with Gasteiger partial charge in [-0.1, -0.05) is 24.9 Å². The van der Waals surface area contributed by atoms with E-state index in [0.29, 0.717) is 17.9 Å². The van der Waals surface area contributed by atoms with Gasteiger partial charge in [0, 0.05) is 25.8 Å². The molecule has 3 nitrogen and oxygen atoms in total. The predicted molar refractivity (Wildman–Crippen MR) is 82.4 cm³/mol. The number of ether oxygens (including phenoxy) is 1. The smallest absolute Gasteiger partial charge is 0.178 e. The van der Waals surface area contributed by atoms with E-state index in [0.717, 1.165) is 36.9 Å². The van der Waals surface area contributed by atoms with E-state index in [-0.39, 0.29) is 5.02 Å². The fraction of sp³-hybridized carbons (Fsp3) is 0.500. The molecule has 0 saturated heterocycles. The lowest BCUT2D eigenvalue weighted by Crippen LogP contribution is -2.03. The molecule has 2 aromatic rings. The molecule has 0 saturated carbocycles. The molecule has 0 aliphatic carbocycles. The zero-order valence-corrected chi connectivity index (χ0v) is 13.0. The highest BCUT2D eigenvalue weighted by Crippen LogP contribution is 2.22. The Labute approximate surface area is 127 Å². The van der Waals surface area contributed by atoms with Crippen molar-refractivity contribution < 1.29 is 9.13 Å². The average Bonchev–Trinajstić information content (AvgIpc) is 2.70. The normalized spacial score (nSPS) is 11.3. The fourth-order valence-corrected chi connectivity index (χ4v) is 2.51. The van der Waals surface area contributed by atoms with E-state index in [2.05, 4.69) is 11.9 Å². The first-order valence-electron chi connectivity index (χ1n) is 6.78. The summed E-state index contributed by atoms with van der Waals surface area (Å²) in [5.74, 6) is -0.430. The fourth-order valence-electron chi connectivity index (χ4n) is 2.05. The van der Waals surface area contributed by atoms with Gasteiger partial charge in [0.1, 0.15) is 5.82 Å². The van der Waals surface area contributed by atoms with E-state index in [1.807, 2.05) is 4.57 Å². The van der Waals surface area contributed by atoms with E-state index < -0.39 is 5.82 Å². The van der Waals surface area contributed by atoms with Gasteiger partial charge < -0.3 is 14.3 Å². The third-order valence-electron chi connectivity index (χ3n) is 3.13. The maximum atomic E-state index is 13.5. The van der Waals surface area contributed by atoms with Crippen LogP contribution >= 0.6 is 23.8 Å². The molecule has 0 unspecified atom stereocenters. The Morgan fingerprint density at radius 2 is 2.10 bits per heavy atom. The van der Waals surface area contributed by atoms with Crippen molar-refractivity contribution in [1.82, 2.24) is 9.55 Å². The van der Waals surface area contributed by atoms with Crippen molar-refractivity contribution in [3.8, 4) is 0 Å². The monoisotopic (exact) mass is 316 g/mol. The molecular weight excluding hydrogens is 299 g/mol. The highest BCUT2D eigenvalue weighted by Gasteiger charge is 2.08. The largest absolute Gasteiger partial charge is 0.381 e. The molecular formula is C14H18ClFN2OS. The molecule has 1 aromatic heterocycles. The third kappa shape index (κ3) is 3.59. The molecule has 0 aliphatic heterocycles. The number of hydrogen-bond donors (Lipinski definition) is 1. The number of nitrogens with one attached hydrogen (secondary N) is 1. The number of nitrogens with zero attached hydrogens (tertiary/aromatic N) is 1. The Hall–Kier alpha value is -0.910. The number of halogens is 2. The third-order valence-corrected chi connectivity index (χ3v) is 3.74. The second-order valence-electron chi connectivity index (χ2n) is 4.68. The Morgan fingerprint density at radius 3 is 2.85 bits per heavy atom. The van der Waals surface area contributed by atoms with E-state index in [1.165, 1.54) is 6.07 Å². The summed E-state index contributed by atoms with van der Waals surface area (Å²) < 4.78 is 21.5. The number of aromatic nitrogens is 2. The van der Waals surface area contributed by atoms with E-state index in [4.69, 9.17) is 28.6 Å². The minimum Gasteiger partial charge on any atom is -0.381 e. The SMILES string of the molecule is CCCCOCCCn1c(=S)[nH]c2cc(Cl)c(F)cc21. The van der Waals surface area contributed by atoms with Crippen molar-refractivity contribution in [2.45, 2.75) is 32.7 Å². The van der Waals surface area contributed by atoms with Gasteiger partial charge in [-0.25, -0.2) is 4.39 Å². The molecule has 0 radical (unpaired) electrons. The van der Waals surface area contributed by atoms with Gasteiger partial charge in [-0.15, -0.1) is 0 Å². The van der Waals surface area contributed by atoms with Crippen LogP contribution < -0.4 is 0 Å². The number of benzene rings is 1. The van der Waals surface area contributed by atoms with Crippen LogP contribution in [-0.2, 0) is 11.3 Å². The molecule has 1 N–H and O–H groups in total.